The fourth-order valence-electron chi connectivity index (χ4n) is 2.08. The van der Waals surface area contributed by atoms with E-state index in [9.17, 15) is 9.59 Å². The molecule has 0 spiro atoms. The van der Waals surface area contributed by atoms with Crippen molar-refractivity contribution in [2.24, 2.45) is 0 Å². The van der Waals surface area contributed by atoms with E-state index in [1.54, 1.807) is 48.5 Å². The third-order valence-corrected chi connectivity index (χ3v) is 4.53. The molecule has 0 N–H and O–H groups in total. The van der Waals surface area contributed by atoms with Gasteiger partial charge in [-0.2, -0.15) is 0 Å². The molecule has 0 bridgehead atoms. The van der Waals surface area contributed by atoms with E-state index in [1.165, 1.54) is 0 Å². The Bertz CT molecular complexity index is 889. The molecule has 0 amide bonds. The second-order valence-corrected chi connectivity index (χ2v) is 6.73. The number of halogens is 1. The number of carbonyl (C=O) groups excluding carboxylic acids is 2. The summed E-state index contributed by atoms with van der Waals surface area (Å²) in [5.74, 6) is 0.0478. The van der Waals surface area contributed by atoms with Crippen molar-refractivity contribution in [1.82, 2.24) is 0 Å². The zero-order chi connectivity index (χ0) is 17.6. The Morgan fingerprint density at radius 2 is 1.64 bits per heavy atom. The third kappa shape index (κ3) is 4.47. The molecule has 3 aromatic rings. The van der Waals surface area contributed by atoms with Crippen LogP contribution in [0.5, 0.6) is 11.5 Å². The lowest BCUT2D eigenvalue weighted by Gasteiger charge is -2.10. The summed E-state index contributed by atoms with van der Waals surface area (Å²) in [4.78, 5) is 24.8. The van der Waals surface area contributed by atoms with Crippen molar-refractivity contribution in [1.29, 1.82) is 0 Å². The highest BCUT2D eigenvalue weighted by molar-refractivity contribution is 7.18. The number of thiophene rings is 1. The average Bonchev–Trinajstić information content (AvgIpc) is 3.07. The summed E-state index contributed by atoms with van der Waals surface area (Å²) in [6.07, 6.45) is 0. The predicted octanol–water partition coefficient (Wildman–Crippen LogP) is 5.23. The summed E-state index contributed by atoms with van der Waals surface area (Å²) in [5, 5.41) is 0. The van der Waals surface area contributed by atoms with E-state index in [2.05, 4.69) is 0 Å². The maximum atomic E-state index is 12.3. The fraction of sp³-hybridized carbons (Fsp3) is 0.0526. The van der Waals surface area contributed by atoms with Gasteiger partial charge in [0.15, 0.2) is 6.61 Å². The van der Waals surface area contributed by atoms with Crippen LogP contribution in [0.1, 0.15) is 20.0 Å². The molecule has 0 saturated carbocycles. The molecule has 0 atom stereocenters. The second-order valence-electron chi connectivity index (χ2n) is 5.01. The molecule has 4 nitrogen and oxygen atoms in total. The Balaban J connectivity index is 1.69. The van der Waals surface area contributed by atoms with Crippen LogP contribution >= 0.6 is 22.9 Å². The van der Waals surface area contributed by atoms with Gasteiger partial charge in [0, 0.05) is 0 Å². The third-order valence-electron chi connectivity index (χ3n) is 3.26. The molecular formula is C19H13ClO4S. The van der Waals surface area contributed by atoms with Gasteiger partial charge < -0.3 is 9.47 Å². The highest BCUT2D eigenvalue weighted by atomic mass is 35.5. The van der Waals surface area contributed by atoms with Gasteiger partial charge in [-0.25, -0.2) is 4.79 Å². The Labute approximate surface area is 153 Å². The van der Waals surface area contributed by atoms with Crippen molar-refractivity contribution in [3.8, 4) is 11.5 Å². The number of ether oxygens (including phenoxy) is 2. The summed E-state index contributed by atoms with van der Waals surface area (Å²) in [5.41, 5.74) is 0.253. The number of hydrogen-bond acceptors (Lipinski definition) is 5. The smallest absolute Gasteiger partial charge is 0.342 e. The molecule has 126 valence electrons. The molecule has 0 aliphatic carbocycles. The molecule has 0 aliphatic heterocycles. The molecule has 3 rings (SSSR count). The molecule has 0 unspecified atom stereocenters. The summed E-state index contributed by atoms with van der Waals surface area (Å²) >= 11 is 6.95. The first kappa shape index (κ1) is 17.2. The van der Waals surface area contributed by atoms with Gasteiger partial charge in [0.2, 0.25) is 5.78 Å². The maximum Gasteiger partial charge on any atom is 0.342 e. The minimum atomic E-state index is -0.623. The van der Waals surface area contributed by atoms with E-state index < -0.39 is 5.97 Å². The number of carbonyl (C=O) groups is 2. The van der Waals surface area contributed by atoms with Crippen molar-refractivity contribution in [3.63, 3.8) is 0 Å². The molecule has 6 heteroatoms. The number of benzene rings is 2. The van der Waals surface area contributed by atoms with E-state index in [0.717, 1.165) is 11.3 Å². The highest BCUT2D eigenvalue weighted by Gasteiger charge is 2.17. The lowest BCUT2D eigenvalue weighted by atomic mass is 10.2. The molecule has 2 aromatic carbocycles. The van der Waals surface area contributed by atoms with Crippen molar-refractivity contribution in [2.45, 2.75) is 0 Å². The van der Waals surface area contributed by atoms with Gasteiger partial charge in [-0.15, -0.1) is 11.3 Å². The maximum absolute atomic E-state index is 12.3. The average molecular weight is 373 g/mol. The van der Waals surface area contributed by atoms with Gasteiger partial charge in [0.25, 0.3) is 0 Å². The van der Waals surface area contributed by atoms with E-state index >= 15 is 0 Å². The van der Waals surface area contributed by atoms with Crippen LogP contribution in [0.4, 0.5) is 0 Å². The minimum absolute atomic E-state index is 0.253. The van der Waals surface area contributed by atoms with Crippen LogP contribution in [0, 0.1) is 0 Å². The van der Waals surface area contributed by atoms with Crippen LogP contribution in [0.3, 0.4) is 0 Å². The van der Waals surface area contributed by atoms with Crippen LogP contribution in [0.15, 0.2) is 66.7 Å². The summed E-state index contributed by atoms with van der Waals surface area (Å²) < 4.78 is 11.4. The SMILES string of the molecule is O=C(COC(=O)c1ccccc1Oc1ccccc1)c1ccc(Cl)s1. The summed E-state index contributed by atoms with van der Waals surface area (Å²) in [6.45, 7) is -0.352. The first-order valence-corrected chi connectivity index (χ1v) is 8.60. The Hall–Kier alpha value is -2.63. The highest BCUT2D eigenvalue weighted by Crippen LogP contribution is 2.26. The predicted molar refractivity (Wildman–Crippen MR) is 96.9 cm³/mol. The summed E-state index contributed by atoms with van der Waals surface area (Å²) in [7, 11) is 0. The summed E-state index contributed by atoms with van der Waals surface area (Å²) in [6, 6.07) is 19.1. The number of para-hydroxylation sites is 2. The Morgan fingerprint density at radius 1 is 0.920 bits per heavy atom. The number of Topliss-reactive ketones (excluding diaryl/α,β-unsaturated/α-hetero) is 1. The van der Waals surface area contributed by atoms with Crippen LogP contribution < -0.4 is 4.74 Å². The number of esters is 1. The molecule has 1 heterocycles. The Morgan fingerprint density at radius 3 is 2.36 bits per heavy atom. The number of hydrogen-bond donors (Lipinski definition) is 0. The largest absolute Gasteiger partial charge is 0.456 e. The van der Waals surface area contributed by atoms with Crippen molar-refractivity contribution in [2.75, 3.05) is 6.61 Å². The zero-order valence-electron chi connectivity index (χ0n) is 13.0. The van der Waals surface area contributed by atoms with E-state index in [0.29, 0.717) is 20.7 Å². The van der Waals surface area contributed by atoms with Crippen LogP contribution in [0.2, 0.25) is 4.34 Å². The van der Waals surface area contributed by atoms with E-state index in [-0.39, 0.29) is 18.0 Å². The molecule has 0 fully saturated rings. The van der Waals surface area contributed by atoms with E-state index in [1.807, 2.05) is 18.2 Å². The van der Waals surface area contributed by atoms with Crippen molar-refractivity contribution >= 4 is 34.7 Å². The van der Waals surface area contributed by atoms with Gasteiger partial charge in [-0.3, -0.25) is 4.79 Å². The van der Waals surface area contributed by atoms with Gasteiger partial charge >= 0.3 is 5.97 Å². The molecule has 0 saturated heterocycles. The number of rotatable bonds is 6. The number of ketones is 1. The zero-order valence-corrected chi connectivity index (χ0v) is 14.5. The quantitative estimate of drug-likeness (QED) is 0.439. The second kappa shape index (κ2) is 7.96. The van der Waals surface area contributed by atoms with Crippen molar-refractivity contribution < 1.29 is 19.1 Å². The standard InChI is InChI=1S/C19H13ClO4S/c20-18-11-10-17(25-18)15(21)12-23-19(22)14-8-4-5-9-16(14)24-13-6-2-1-3-7-13/h1-11H,12H2. The molecule has 25 heavy (non-hydrogen) atoms. The first-order chi connectivity index (χ1) is 12.1. The van der Waals surface area contributed by atoms with Crippen molar-refractivity contribution in [3.05, 3.63) is 81.5 Å². The van der Waals surface area contributed by atoms with Crippen LogP contribution in [-0.4, -0.2) is 18.4 Å². The van der Waals surface area contributed by atoms with E-state index in [4.69, 9.17) is 21.1 Å². The first-order valence-electron chi connectivity index (χ1n) is 7.41. The molecule has 1 aromatic heterocycles. The Kier molecular flexibility index (Phi) is 5.48. The fourth-order valence-corrected chi connectivity index (χ4v) is 3.05. The lowest BCUT2D eigenvalue weighted by Crippen LogP contribution is -2.14. The van der Waals surface area contributed by atoms with Crippen LogP contribution in [-0.2, 0) is 4.74 Å². The molecular weight excluding hydrogens is 360 g/mol. The van der Waals surface area contributed by atoms with Crippen LogP contribution in [0.25, 0.3) is 0 Å². The van der Waals surface area contributed by atoms with Gasteiger partial charge in [-0.1, -0.05) is 41.9 Å². The lowest BCUT2D eigenvalue weighted by molar-refractivity contribution is 0.0473. The minimum Gasteiger partial charge on any atom is -0.456 e. The monoisotopic (exact) mass is 372 g/mol. The topological polar surface area (TPSA) is 52.6 Å². The van der Waals surface area contributed by atoms with Gasteiger partial charge in [0.1, 0.15) is 17.1 Å². The van der Waals surface area contributed by atoms with Gasteiger partial charge in [-0.05, 0) is 36.4 Å². The molecule has 0 aliphatic rings. The molecule has 0 radical (unpaired) electrons. The van der Waals surface area contributed by atoms with Gasteiger partial charge in [0.05, 0.1) is 9.21 Å². The normalized spacial score (nSPS) is 10.3.